The molecule has 0 aromatic heterocycles. The number of halogens is 1. The van der Waals surface area contributed by atoms with E-state index in [2.05, 4.69) is 46.1 Å². The van der Waals surface area contributed by atoms with Crippen molar-refractivity contribution in [3.05, 3.63) is 77.3 Å². The van der Waals surface area contributed by atoms with E-state index >= 15 is 0 Å². The molecule has 0 N–H and O–H groups in total. The summed E-state index contributed by atoms with van der Waals surface area (Å²) in [5.74, 6) is 0. The molecule has 0 aliphatic carbocycles. The van der Waals surface area contributed by atoms with E-state index in [0.29, 0.717) is 0 Å². The molecule has 0 bridgehead atoms. The first-order valence-electron chi connectivity index (χ1n) is 9.45. The predicted octanol–water partition coefficient (Wildman–Crippen LogP) is 6.37. The van der Waals surface area contributed by atoms with E-state index < -0.39 is 10.1 Å². The van der Waals surface area contributed by atoms with Gasteiger partial charge in [0.2, 0.25) is 0 Å². The van der Waals surface area contributed by atoms with Crippen molar-refractivity contribution in [3.8, 4) is 0 Å². The molecule has 3 aromatic rings. The third-order valence-electron chi connectivity index (χ3n) is 2.96. The van der Waals surface area contributed by atoms with E-state index in [1.807, 2.05) is 43.3 Å². The summed E-state index contributed by atoms with van der Waals surface area (Å²) in [6, 6.07) is 20.5. The first kappa shape index (κ1) is 32.7. The van der Waals surface area contributed by atoms with Gasteiger partial charge >= 0.3 is 16.5 Å². The Morgan fingerprint density at radius 1 is 0.839 bits per heavy atom. The second-order valence-electron chi connectivity index (χ2n) is 7.64. The Morgan fingerprint density at radius 2 is 1.29 bits per heavy atom. The molecule has 0 amide bonds. The van der Waals surface area contributed by atoms with E-state index in [-0.39, 0.29) is 37.2 Å². The zero-order chi connectivity index (χ0) is 23.3. The molecule has 0 unspecified atom stereocenters. The summed E-state index contributed by atoms with van der Waals surface area (Å²) >= 11 is 5.94. The molecule has 3 nitrogen and oxygen atoms in total. The maximum atomic E-state index is 10.4. The molecule has 0 aliphatic heterocycles. The predicted molar refractivity (Wildman–Crippen MR) is 139 cm³/mol. The number of hydrogen-bond acceptors (Lipinski definition) is 3. The van der Waals surface area contributed by atoms with Gasteiger partial charge in [0.15, 0.2) is 0 Å². The van der Waals surface area contributed by atoms with Gasteiger partial charge in [-0.05, 0) is 39.9 Å². The van der Waals surface area contributed by atoms with Gasteiger partial charge in [0.25, 0.3) is 0 Å². The SMILES string of the molecule is C[PH+](C)C.C[PH+](C)C.Cc1ccc(S(=O)(=O)[O-])cc1.Clc1cc[c-]c2ccccc12.[Ni+2]. The Labute approximate surface area is 206 Å². The van der Waals surface area contributed by atoms with Gasteiger partial charge in [0.05, 0.1) is 4.90 Å². The van der Waals surface area contributed by atoms with E-state index in [0.717, 1.165) is 21.4 Å². The van der Waals surface area contributed by atoms with Crippen LogP contribution < -0.4 is 0 Å². The molecular formula is C23H33ClNiO3P2S+2. The minimum Gasteiger partial charge on any atom is -0.744 e. The third-order valence-corrected chi connectivity index (χ3v) is 4.14. The van der Waals surface area contributed by atoms with Gasteiger partial charge in [-0.25, -0.2) is 8.42 Å². The van der Waals surface area contributed by atoms with Crippen LogP contribution in [0.3, 0.4) is 0 Å². The van der Waals surface area contributed by atoms with Crippen molar-refractivity contribution in [2.24, 2.45) is 0 Å². The summed E-state index contributed by atoms with van der Waals surface area (Å²) in [5, 5.41) is 2.93. The van der Waals surface area contributed by atoms with Crippen molar-refractivity contribution in [1.82, 2.24) is 0 Å². The molecule has 3 aromatic carbocycles. The van der Waals surface area contributed by atoms with E-state index in [9.17, 15) is 13.0 Å². The normalized spacial score (nSPS) is 10.0. The average Bonchev–Trinajstić information content (AvgIpc) is 2.61. The van der Waals surface area contributed by atoms with Crippen molar-refractivity contribution < 1.29 is 29.5 Å². The monoisotopic (exact) mass is 544 g/mol. The van der Waals surface area contributed by atoms with Crippen molar-refractivity contribution in [2.45, 2.75) is 11.8 Å². The third kappa shape index (κ3) is 16.7. The Balaban J connectivity index is 0. The molecule has 0 saturated carbocycles. The van der Waals surface area contributed by atoms with Gasteiger partial charge in [-0.15, -0.1) is 47.3 Å². The second kappa shape index (κ2) is 17.0. The molecule has 0 aliphatic rings. The standard InChI is InChI=1S/C10H6Cl.C7H8O3S.2C3H9P.Ni/c11-10-7-3-5-8-4-1-2-6-9(8)10;1-6-2-4-7(5-3-6)11(8,9)10;2*1-4(2)3;/h1-4,6-7H;2-5H,1H3,(H,8,9,10);2*1-3H3;/q-1;;;;+2/p+1. The van der Waals surface area contributed by atoms with Crippen molar-refractivity contribution in [2.75, 3.05) is 40.0 Å². The minimum atomic E-state index is -4.27. The summed E-state index contributed by atoms with van der Waals surface area (Å²) < 4.78 is 31.2. The first-order chi connectivity index (χ1) is 13.8. The fourth-order valence-corrected chi connectivity index (χ4v) is 2.51. The molecule has 31 heavy (non-hydrogen) atoms. The molecule has 0 atom stereocenters. The van der Waals surface area contributed by atoms with Gasteiger partial charge in [0.1, 0.15) is 10.1 Å². The summed E-state index contributed by atoms with van der Waals surface area (Å²) in [5.41, 5.74) is 0.928. The Bertz CT molecular complexity index is 963. The number of hydrogen-bond donors (Lipinski definition) is 0. The van der Waals surface area contributed by atoms with Crippen molar-refractivity contribution >= 4 is 48.3 Å². The van der Waals surface area contributed by atoms with Crippen LogP contribution in [0.15, 0.2) is 65.6 Å². The second-order valence-corrected chi connectivity index (χ2v) is 15.4. The Kier molecular flexibility index (Phi) is 17.9. The molecule has 174 valence electrons. The van der Waals surface area contributed by atoms with Crippen LogP contribution in [0.5, 0.6) is 0 Å². The molecule has 0 radical (unpaired) electrons. The van der Waals surface area contributed by atoms with Gasteiger partial charge < -0.3 is 4.55 Å². The number of aryl methyl sites for hydroxylation is 1. The molecule has 0 saturated heterocycles. The van der Waals surface area contributed by atoms with Crippen LogP contribution in [0.4, 0.5) is 0 Å². The van der Waals surface area contributed by atoms with Gasteiger partial charge in [-0.3, -0.25) is 0 Å². The summed E-state index contributed by atoms with van der Waals surface area (Å²) in [7, 11) is -4.03. The maximum Gasteiger partial charge on any atom is 2.00 e. The van der Waals surface area contributed by atoms with Crippen LogP contribution in [-0.4, -0.2) is 53.0 Å². The number of benzene rings is 3. The van der Waals surface area contributed by atoms with Crippen LogP contribution in [0.25, 0.3) is 10.8 Å². The molecule has 3 rings (SSSR count). The first-order valence-corrected chi connectivity index (χ1v) is 17.2. The summed E-state index contributed by atoms with van der Waals surface area (Å²) in [6.07, 6.45) is 0. The fraction of sp³-hybridized carbons (Fsp3) is 0.304. The quantitative estimate of drug-likeness (QED) is 0.155. The van der Waals surface area contributed by atoms with Crippen LogP contribution in [0.2, 0.25) is 5.02 Å². The van der Waals surface area contributed by atoms with Crippen LogP contribution >= 0.6 is 27.4 Å². The van der Waals surface area contributed by atoms with E-state index in [4.69, 9.17) is 11.6 Å². The number of fused-ring (bicyclic) bond motifs is 1. The molecular weight excluding hydrogens is 512 g/mol. The minimum absolute atomic E-state index is 0. The smallest absolute Gasteiger partial charge is 0.744 e. The van der Waals surface area contributed by atoms with Crippen molar-refractivity contribution in [3.63, 3.8) is 0 Å². The van der Waals surface area contributed by atoms with Gasteiger partial charge in [0, 0.05) is 40.0 Å². The van der Waals surface area contributed by atoms with Crippen LogP contribution in [0.1, 0.15) is 5.56 Å². The number of rotatable bonds is 1. The fourth-order valence-electron chi connectivity index (χ4n) is 1.82. The zero-order valence-electron chi connectivity index (χ0n) is 19.1. The zero-order valence-corrected chi connectivity index (χ0v) is 23.7. The average molecular weight is 546 g/mol. The Hall–Kier alpha value is -0.526. The summed E-state index contributed by atoms with van der Waals surface area (Å²) in [6.45, 7) is 15.4. The molecule has 0 fully saturated rings. The molecule has 0 spiro atoms. The largest absolute Gasteiger partial charge is 2.00 e. The topological polar surface area (TPSA) is 57.2 Å². The van der Waals surface area contributed by atoms with Crippen LogP contribution in [0, 0.1) is 13.0 Å². The van der Waals surface area contributed by atoms with Crippen molar-refractivity contribution in [1.29, 1.82) is 0 Å². The molecule has 0 heterocycles. The summed E-state index contributed by atoms with van der Waals surface area (Å²) in [4.78, 5) is -0.178. The van der Waals surface area contributed by atoms with Gasteiger partial charge in [-0.2, -0.15) is 0 Å². The van der Waals surface area contributed by atoms with Crippen LogP contribution in [-0.2, 0) is 26.6 Å². The van der Waals surface area contributed by atoms with E-state index in [1.165, 1.54) is 12.1 Å². The Morgan fingerprint density at radius 3 is 1.71 bits per heavy atom. The van der Waals surface area contributed by atoms with Gasteiger partial charge in [-0.1, -0.05) is 35.2 Å². The molecule has 8 heteroatoms. The maximum absolute atomic E-state index is 10.4. The van der Waals surface area contributed by atoms with E-state index in [1.54, 1.807) is 12.1 Å².